The number of benzene rings is 1. The van der Waals surface area contributed by atoms with Crippen molar-refractivity contribution in [1.82, 2.24) is 14.8 Å². The van der Waals surface area contributed by atoms with Gasteiger partial charge < -0.3 is 14.8 Å². The lowest BCUT2D eigenvalue weighted by molar-refractivity contribution is -0.116. The molecule has 0 fully saturated rings. The largest absolute Gasteiger partial charge is 0.493 e. The highest BCUT2D eigenvalue weighted by Crippen LogP contribution is 2.34. The number of hydrogen-bond donors (Lipinski definition) is 1. The lowest BCUT2D eigenvalue weighted by atomic mass is 10.1. The van der Waals surface area contributed by atoms with E-state index < -0.39 is 0 Å². The van der Waals surface area contributed by atoms with E-state index in [0.717, 1.165) is 34.8 Å². The van der Waals surface area contributed by atoms with Crippen LogP contribution in [0.25, 0.3) is 22.0 Å². The molecule has 0 saturated heterocycles. The molecule has 0 bridgehead atoms. The van der Waals surface area contributed by atoms with Gasteiger partial charge in [-0.1, -0.05) is 13.3 Å². The van der Waals surface area contributed by atoms with Crippen LogP contribution in [0.5, 0.6) is 11.5 Å². The van der Waals surface area contributed by atoms with Gasteiger partial charge >= 0.3 is 0 Å². The highest BCUT2D eigenvalue weighted by molar-refractivity contribution is 7.13. The van der Waals surface area contributed by atoms with Crippen molar-refractivity contribution in [3.63, 3.8) is 0 Å². The maximum Gasteiger partial charge on any atom is 0.225 e. The Morgan fingerprint density at radius 2 is 1.96 bits per heavy atom. The Morgan fingerprint density at radius 3 is 2.68 bits per heavy atom. The van der Waals surface area contributed by atoms with Crippen LogP contribution in [-0.4, -0.2) is 34.9 Å². The number of hydrogen-bond acceptors (Lipinski definition) is 6. The van der Waals surface area contributed by atoms with E-state index in [1.165, 1.54) is 11.3 Å². The lowest BCUT2D eigenvalue weighted by Crippen LogP contribution is -2.13. The summed E-state index contributed by atoms with van der Waals surface area (Å²) in [5.74, 6) is 2.00. The second-order valence-corrected chi connectivity index (χ2v) is 7.16. The molecular formula is C20H24N4O3S. The van der Waals surface area contributed by atoms with E-state index >= 15 is 0 Å². The van der Waals surface area contributed by atoms with E-state index in [9.17, 15) is 4.79 Å². The fourth-order valence-electron chi connectivity index (χ4n) is 2.75. The quantitative estimate of drug-likeness (QED) is 0.608. The number of nitrogens with zero attached hydrogens (tertiary/aromatic N) is 3. The zero-order chi connectivity index (χ0) is 20.1. The number of aryl methyl sites for hydroxylation is 1. The smallest absolute Gasteiger partial charge is 0.225 e. The minimum absolute atomic E-state index is 0.00144. The van der Waals surface area contributed by atoms with Crippen LogP contribution in [0.15, 0.2) is 29.6 Å². The first-order valence-corrected chi connectivity index (χ1v) is 9.95. The maximum absolute atomic E-state index is 12.0. The second kappa shape index (κ2) is 8.88. The van der Waals surface area contributed by atoms with Crippen LogP contribution in [0.4, 0.5) is 5.82 Å². The van der Waals surface area contributed by atoms with Crippen molar-refractivity contribution in [2.24, 2.45) is 7.05 Å². The fraction of sp³-hybridized carbons (Fsp3) is 0.350. The molecule has 7 nitrogen and oxygen atoms in total. The van der Waals surface area contributed by atoms with E-state index in [0.29, 0.717) is 23.7 Å². The summed E-state index contributed by atoms with van der Waals surface area (Å²) in [6.45, 7) is 2.06. The highest BCUT2D eigenvalue weighted by Gasteiger charge is 2.14. The number of rotatable bonds is 8. The van der Waals surface area contributed by atoms with E-state index in [4.69, 9.17) is 14.5 Å². The van der Waals surface area contributed by atoms with Gasteiger partial charge in [-0.15, -0.1) is 11.3 Å². The van der Waals surface area contributed by atoms with Crippen LogP contribution in [0, 0.1) is 0 Å². The highest BCUT2D eigenvalue weighted by atomic mass is 32.1. The molecule has 8 heteroatoms. The zero-order valence-electron chi connectivity index (χ0n) is 16.5. The predicted octanol–water partition coefficient (Wildman–Crippen LogP) is 4.36. The first kappa shape index (κ1) is 19.9. The van der Waals surface area contributed by atoms with Crippen molar-refractivity contribution in [1.29, 1.82) is 0 Å². The molecule has 1 N–H and O–H groups in total. The molecule has 2 aromatic heterocycles. The van der Waals surface area contributed by atoms with Crippen molar-refractivity contribution >= 4 is 23.1 Å². The molecule has 0 aliphatic rings. The molecule has 0 spiro atoms. The molecule has 1 amide bonds. The standard InChI is InChI=1S/C20H24N4O3S/c1-5-6-7-19(25)22-18-11-14(23-24(18)2)20-21-15(12-28-20)13-8-9-16(26-3)17(10-13)27-4/h8-12H,5-7H2,1-4H3,(H,22,25). The lowest BCUT2D eigenvalue weighted by Gasteiger charge is -2.08. The number of unbranched alkanes of at least 4 members (excludes halogenated alkanes) is 1. The number of nitrogens with one attached hydrogen (secondary N) is 1. The number of ether oxygens (including phenoxy) is 2. The molecule has 1 aromatic carbocycles. The molecule has 0 aliphatic carbocycles. The van der Waals surface area contributed by atoms with E-state index in [2.05, 4.69) is 17.3 Å². The average Bonchev–Trinajstić information content (AvgIpc) is 3.33. The first-order valence-electron chi connectivity index (χ1n) is 9.08. The average molecular weight is 401 g/mol. The molecule has 3 rings (SSSR count). The van der Waals surface area contributed by atoms with Crippen LogP contribution in [0.2, 0.25) is 0 Å². The van der Waals surface area contributed by atoms with Crippen molar-refractivity contribution in [3.05, 3.63) is 29.6 Å². The Balaban J connectivity index is 1.81. The molecular weight excluding hydrogens is 376 g/mol. The molecule has 2 heterocycles. The molecule has 0 atom stereocenters. The van der Waals surface area contributed by atoms with E-state index in [1.807, 2.05) is 36.7 Å². The van der Waals surface area contributed by atoms with Crippen LogP contribution < -0.4 is 14.8 Å². The summed E-state index contributed by atoms with van der Waals surface area (Å²) < 4.78 is 12.3. The monoisotopic (exact) mass is 400 g/mol. The Bertz CT molecular complexity index is 964. The van der Waals surface area contributed by atoms with Crippen molar-refractivity contribution in [3.8, 4) is 33.5 Å². The van der Waals surface area contributed by atoms with Gasteiger partial charge in [0.2, 0.25) is 5.91 Å². The third-order valence-corrected chi connectivity index (χ3v) is 5.17. The third kappa shape index (κ3) is 4.33. The molecule has 0 saturated carbocycles. The summed E-state index contributed by atoms with van der Waals surface area (Å²) >= 11 is 1.50. The number of amides is 1. The Labute approximate surface area is 168 Å². The van der Waals surface area contributed by atoms with Crippen LogP contribution in [0.3, 0.4) is 0 Å². The zero-order valence-corrected chi connectivity index (χ0v) is 17.3. The van der Waals surface area contributed by atoms with Crippen LogP contribution in [0.1, 0.15) is 26.2 Å². The molecule has 3 aromatic rings. The Hall–Kier alpha value is -2.87. The van der Waals surface area contributed by atoms with Gasteiger partial charge in [0.15, 0.2) is 11.5 Å². The maximum atomic E-state index is 12.0. The van der Waals surface area contributed by atoms with Crippen molar-refractivity contribution in [2.75, 3.05) is 19.5 Å². The molecule has 0 aliphatic heterocycles. The van der Waals surface area contributed by atoms with Crippen LogP contribution in [-0.2, 0) is 11.8 Å². The molecule has 28 heavy (non-hydrogen) atoms. The van der Waals surface area contributed by atoms with Gasteiger partial charge in [0.1, 0.15) is 16.5 Å². The minimum atomic E-state index is 0.00144. The van der Waals surface area contributed by atoms with E-state index in [-0.39, 0.29) is 5.91 Å². The van der Waals surface area contributed by atoms with E-state index in [1.54, 1.807) is 18.9 Å². The number of carbonyl (C=O) groups excluding carboxylic acids is 1. The van der Waals surface area contributed by atoms with Crippen molar-refractivity contribution < 1.29 is 14.3 Å². The second-order valence-electron chi connectivity index (χ2n) is 6.30. The predicted molar refractivity (Wildman–Crippen MR) is 111 cm³/mol. The van der Waals surface area contributed by atoms with Crippen LogP contribution >= 0.6 is 11.3 Å². The number of methoxy groups -OCH3 is 2. The SMILES string of the molecule is CCCCC(=O)Nc1cc(-c2nc(-c3ccc(OC)c(OC)c3)cs2)nn1C. The van der Waals surface area contributed by atoms with Gasteiger partial charge in [0, 0.05) is 30.5 Å². The number of thiazole rings is 1. The van der Waals surface area contributed by atoms with Crippen molar-refractivity contribution in [2.45, 2.75) is 26.2 Å². The molecule has 0 unspecified atom stereocenters. The van der Waals surface area contributed by atoms with Gasteiger partial charge in [-0.05, 0) is 24.6 Å². The molecule has 0 radical (unpaired) electrons. The summed E-state index contributed by atoms with van der Waals surface area (Å²) in [5.41, 5.74) is 2.49. The fourth-order valence-corrected chi connectivity index (χ4v) is 3.53. The number of aromatic nitrogens is 3. The summed E-state index contributed by atoms with van der Waals surface area (Å²) in [6, 6.07) is 7.55. The Kier molecular flexibility index (Phi) is 6.30. The van der Waals surface area contributed by atoms with Gasteiger partial charge in [-0.3, -0.25) is 9.48 Å². The third-order valence-electron chi connectivity index (χ3n) is 4.31. The first-order chi connectivity index (χ1) is 13.5. The Morgan fingerprint density at radius 1 is 1.18 bits per heavy atom. The summed E-state index contributed by atoms with van der Waals surface area (Å²) in [4.78, 5) is 16.7. The number of carbonyl (C=O) groups is 1. The topological polar surface area (TPSA) is 78.3 Å². The number of anilines is 1. The van der Waals surface area contributed by atoms with Gasteiger partial charge in [0.05, 0.1) is 19.9 Å². The summed E-state index contributed by atoms with van der Waals surface area (Å²) in [6.07, 6.45) is 2.37. The minimum Gasteiger partial charge on any atom is -0.493 e. The molecule has 148 valence electrons. The van der Waals surface area contributed by atoms with Gasteiger partial charge in [0.25, 0.3) is 0 Å². The van der Waals surface area contributed by atoms with Gasteiger partial charge in [-0.2, -0.15) is 5.10 Å². The summed E-state index contributed by atoms with van der Waals surface area (Å²) in [7, 11) is 5.03. The summed E-state index contributed by atoms with van der Waals surface area (Å²) in [5, 5.41) is 10.2. The normalized spacial score (nSPS) is 10.7. The van der Waals surface area contributed by atoms with Gasteiger partial charge in [-0.25, -0.2) is 4.98 Å².